The minimum Gasteiger partial charge on any atom is -0.476 e. The number of nitrogens with zero attached hydrogens (tertiary/aromatic N) is 5. The number of nitrogen functional groups attached to an aromatic ring is 1. The van der Waals surface area contributed by atoms with Gasteiger partial charge < -0.3 is 31.7 Å². The number of nitrogens with two attached hydrogens (primary N) is 1. The lowest BCUT2D eigenvalue weighted by Crippen LogP contribution is -2.24. The summed E-state index contributed by atoms with van der Waals surface area (Å²) in [4.78, 5) is 27.6. The lowest BCUT2D eigenvalue weighted by Gasteiger charge is -2.12. The van der Waals surface area contributed by atoms with Crippen LogP contribution in [0.15, 0.2) is 36.7 Å². The molecule has 32 heavy (non-hydrogen) atoms. The van der Waals surface area contributed by atoms with Crippen molar-refractivity contribution in [3.8, 4) is 17.3 Å². The van der Waals surface area contributed by atoms with Crippen LogP contribution in [-0.2, 0) is 6.54 Å². The number of hydrogen-bond acceptors (Lipinski definition) is 11. The zero-order valence-corrected chi connectivity index (χ0v) is 16.7. The number of benzene rings is 1. The van der Waals surface area contributed by atoms with Gasteiger partial charge in [0.15, 0.2) is 28.8 Å². The number of aromatic carboxylic acids is 1. The van der Waals surface area contributed by atoms with Gasteiger partial charge >= 0.3 is 5.97 Å². The van der Waals surface area contributed by atoms with Gasteiger partial charge in [-0.25, -0.2) is 24.7 Å². The third-order valence-corrected chi connectivity index (χ3v) is 4.32. The molecule has 0 amide bonds. The molecule has 0 spiro atoms. The number of anilines is 3. The number of carboxylic acid groups (broad SMARTS) is 1. The first-order valence-electron chi connectivity index (χ1n) is 9.40. The number of aliphatic hydroxyl groups is 2. The summed E-state index contributed by atoms with van der Waals surface area (Å²) in [6, 6.07) is 9.02. The zero-order valence-electron chi connectivity index (χ0n) is 16.7. The van der Waals surface area contributed by atoms with Crippen LogP contribution in [0.5, 0.6) is 0 Å². The van der Waals surface area contributed by atoms with Crippen molar-refractivity contribution in [2.75, 3.05) is 29.5 Å². The van der Waals surface area contributed by atoms with Gasteiger partial charge in [-0.1, -0.05) is 24.3 Å². The van der Waals surface area contributed by atoms with E-state index in [9.17, 15) is 15.0 Å². The molecule has 0 aliphatic heterocycles. The molecule has 0 radical (unpaired) electrons. The summed E-state index contributed by atoms with van der Waals surface area (Å²) in [5.74, 6) is -0.769. The quantitative estimate of drug-likeness (QED) is 0.271. The Morgan fingerprint density at radius 1 is 1.12 bits per heavy atom. The second-order valence-electron chi connectivity index (χ2n) is 6.63. The molecular formula is C20H20N8O4. The molecule has 1 unspecified atom stereocenters. The van der Waals surface area contributed by atoms with Crippen molar-refractivity contribution in [2.24, 2.45) is 0 Å². The number of carboxylic acids is 1. The van der Waals surface area contributed by atoms with E-state index in [1.54, 1.807) is 6.07 Å². The predicted molar refractivity (Wildman–Crippen MR) is 114 cm³/mol. The summed E-state index contributed by atoms with van der Waals surface area (Å²) in [7, 11) is 0. The van der Waals surface area contributed by atoms with E-state index in [1.807, 2.05) is 24.3 Å². The second kappa shape index (κ2) is 10.1. The minimum atomic E-state index is -1.29. The Balaban J connectivity index is 1.71. The highest BCUT2D eigenvalue weighted by Crippen LogP contribution is 2.22. The molecule has 0 saturated carbocycles. The fourth-order valence-electron chi connectivity index (χ4n) is 2.65. The van der Waals surface area contributed by atoms with Crippen LogP contribution in [0.25, 0.3) is 11.3 Å². The van der Waals surface area contributed by atoms with Gasteiger partial charge in [-0.15, -0.1) is 0 Å². The van der Waals surface area contributed by atoms with Gasteiger partial charge in [-0.05, 0) is 5.56 Å². The molecule has 2 heterocycles. The first-order valence-corrected chi connectivity index (χ1v) is 9.40. The van der Waals surface area contributed by atoms with Gasteiger partial charge in [0.1, 0.15) is 6.07 Å². The maximum absolute atomic E-state index is 11.4. The van der Waals surface area contributed by atoms with E-state index in [-0.39, 0.29) is 36.1 Å². The zero-order chi connectivity index (χ0) is 23.1. The normalized spacial score (nSPS) is 11.4. The number of carbonyl (C=O) groups is 1. The van der Waals surface area contributed by atoms with E-state index in [2.05, 4.69) is 30.6 Å². The third-order valence-electron chi connectivity index (χ3n) is 4.32. The van der Waals surface area contributed by atoms with Crippen molar-refractivity contribution in [3.63, 3.8) is 0 Å². The number of aliphatic hydroxyl groups excluding tert-OH is 2. The molecule has 0 bridgehead atoms. The molecule has 12 nitrogen and oxygen atoms in total. The van der Waals surface area contributed by atoms with Crippen molar-refractivity contribution in [1.82, 2.24) is 19.9 Å². The summed E-state index contributed by atoms with van der Waals surface area (Å²) in [6.45, 7) is -0.0437. The summed E-state index contributed by atoms with van der Waals surface area (Å²) in [6.07, 6.45) is 1.76. The molecule has 0 aliphatic carbocycles. The average Bonchev–Trinajstić information content (AvgIpc) is 2.82. The molecular weight excluding hydrogens is 416 g/mol. The molecule has 3 rings (SSSR count). The highest BCUT2D eigenvalue weighted by molar-refractivity contribution is 5.90. The standard InChI is InChI=1S/C20H20N8O4/c21-5-13-7-25-18(16(27-13)20(31)32)24-6-11-1-3-12(4-2-11)15-9-23-17(22)19(28-15)26-8-14(30)10-29/h1-4,7,9,14,29-30H,6,8,10H2,(H2,22,23)(H,24,25)(H,26,28)(H,31,32). The fourth-order valence-corrected chi connectivity index (χ4v) is 2.65. The Kier molecular flexibility index (Phi) is 7.06. The number of rotatable bonds is 9. The van der Waals surface area contributed by atoms with Gasteiger partial charge in [-0.2, -0.15) is 5.26 Å². The molecule has 3 aromatic rings. The Hall–Kier alpha value is -4.34. The molecule has 2 aromatic heterocycles. The summed E-state index contributed by atoms with van der Waals surface area (Å²) in [5, 5.41) is 42.3. The summed E-state index contributed by atoms with van der Waals surface area (Å²) >= 11 is 0. The number of hydrogen-bond donors (Lipinski definition) is 6. The number of nitriles is 1. The Morgan fingerprint density at radius 2 is 1.88 bits per heavy atom. The maximum atomic E-state index is 11.4. The largest absolute Gasteiger partial charge is 0.476 e. The van der Waals surface area contributed by atoms with Gasteiger partial charge in [0.05, 0.1) is 30.8 Å². The monoisotopic (exact) mass is 436 g/mol. The Labute approximate surface area is 182 Å². The topological polar surface area (TPSA) is 203 Å². The molecule has 1 atom stereocenters. The van der Waals surface area contributed by atoms with E-state index in [1.165, 1.54) is 12.4 Å². The molecule has 164 valence electrons. The molecule has 1 aromatic carbocycles. The van der Waals surface area contributed by atoms with Crippen molar-refractivity contribution in [1.29, 1.82) is 5.26 Å². The van der Waals surface area contributed by atoms with Gasteiger partial charge in [0.25, 0.3) is 0 Å². The molecule has 0 fully saturated rings. The van der Waals surface area contributed by atoms with E-state index >= 15 is 0 Å². The summed E-state index contributed by atoms with van der Waals surface area (Å²) in [5.41, 5.74) is 7.54. The van der Waals surface area contributed by atoms with Crippen LogP contribution in [-0.4, -0.2) is 60.5 Å². The van der Waals surface area contributed by atoms with Crippen LogP contribution < -0.4 is 16.4 Å². The second-order valence-corrected chi connectivity index (χ2v) is 6.63. The highest BCUT2D eigenvalue weighted by atomic mass is 16.4. The van der Waals surface area contributed by atoms with Crippen molar-refractivity contribution in [2.45, 2.75) is 12.6 Å². The van der Waals surface area contributed by atoms with Crippen LogP contribution in [0.1, 0.15) is 21.7 Å². The first-order chi connectivity index (χ1) is 15.4. The van der Waals surface area contributed by atoms with Crippen LogP contribution >= 0.6 is 0 Å². The first kappa shape index (κ1) is 22.3. The van der Waals surface area contributed by atoms with Crippen LogP contribution in [0.3, 0.4) is 0 Å². The number of aromatic nitrogens is 4. The van der Waals surface area contributed by atoms with Crippen molar-refractivity contribution < 1.29 is 20.1 Å². The summed E-state index contributed by atoms with van der Waals surface area (Å²) < 4.78 is 0. The maximum Gasteiger partial charge on any atom is 0.358 e. The van der Waals surface area contributed by atoms with E-state index < -0.39 is 18.7 Å². The Bertz CT molecular complexity index is 1150. The lowest BCUT2D eigenvalue weighted by atomic mass is 10.1. The van der Waals surface area contributed by atoms with E-state index in [4.69, 9.17) is 16.1 Å². The minimum absolute atomic E-state index is 0.0609. The third kappa shape index (κ3) is 5.42. The highest BCUT2D eigenvalue weighted by Gasteiger charge is 2.15. The van der Waals surface area contributed by atoms with Crippen LogP contribution in [0.4, 0.5) is 17.5 Å². The van der Waals surface area contributed by atoms with Crippen LogP contribution in [0.2, 0.25) is 0 Å². The van der Waals surface area contributed by atoms with Crippen LogP contribution in [0, 0.1) is 11.3 Å². The lowest BCUT2D eigenvalue weighted by molar-refractivity contribution is 0.0691. The van der Waals surface area contributed by atoms with Gasteiger partial charge in [0, 0.05) is 18.7 Å². The molecule has 7 N–H and O–H groups in total. The predicted octanol–water partition coefficient (Wildman–Crippen LogP) is 0.463. The van der Waals surface area contributed by atoms with Crippen molar-refractivity contribution in [3.05, 3.63) is 53.6 Å². The SMILES string of the molecule is N#Cc1cnc(NCc2ccc(-c3cnc(N)c(NCC(O)CO)n3)cc2)c(C(=O)O)n1. The van der Waals surface area contributed by atoms with Gasteiger partial charge in [0.2, 0.25) is 0 Å². The van der Waals surface area contributed by atoms with E-state index in [0.717, 1.165) is 11.1 Å². The van der Waals surface area contributed by atoms with E-state index in [0.29, 0.717) is 11.5 Å². The van der Waals surface area contributed by atoms with Crippen molar-refractivity contribution >= 4 is 23.4 Å². The molecule has 0 saturated heterocycles. The van der Waals surface area contributed by atoms with Gasteiger partial charge in [-0.3, -0.25) is 0 Å². The average molecular weight is 436 g/mol. The smallest absolute Gasteiger partial charge is 0.358 e. The Morgan fingerprint density at radius 3 is 2.53 bits per heavy atom. The number of nitrogens with one attached hydrogen (secondary N) is 2. The molecule has 12 heteroatoms. The molecule has 0 aliphatic rings. The fraction of sp³-hybridized carbons (Fsp3) is 0.200.